The summed E-state index contributed by atoms with van der Waals surface area (Å²) in [4.78, 5) is 0. The number of ether oxygens (including phenoxy) is 1. The summed E-state index contributed by atoms with van der Waals surface area (Å²) in [5.41, 5.74) is 2.58. The van der Waals surface area contributed by atoms with Crippen molar-refractivity contribution in [2.75, 3.05) is 13.7 Å². The fourth-order valence-electron chi connectivity index (χ4n) is 3.32. The van der Waals surface area contributed by atoms with E-state index in [0.29, 0.717) is 12.8 Å². The lowest BCUT2D eigenvalue weighted by atomic mass is 9.80. The van der Waals surface area contributed by atoms with Crippen LogP contribution in [0.5, 0.6) is 0 Å². The Morgan fingerprint density at radius 1 is 1.05 bits per heavy atom. The molecule has 1 nitrogen and oxygen atoms in total. The summed E-state index contributed by atoms with van der Waals surface area (Å²) >= 11 is 0. The third-order valence-electron chi connectivity index (χ3n) is 4.68. The third-order valence-corrected chi connectivity index (χ3v) is 4.68. The van der Waals surface area contributed by atoms with Crippen LogP contribution in [0.1, 0.15) is 43.2 Å². The van der Waals surface area contributed by atoms with Gasteiger partial charge in [-0.1, -0.05) is 43.2 Å². The normalized spacial score (nSPS) is 22.8. The molecule has 0 aromatic heterocycles. The molecule has 0 atom stereocenters. The van der Waals surface area contributed by atoms with Crippen LogP contribution in [-0.4, -0.2) is 13.7 Å². The summed E-state index contributed by atoms with van der Waals surface area (Å²) in [7, 11) is 1.80. The molecular weight excluding hydrogens is 263 g/mol. The van der Waals surface area contributed by atoms with Crippen molar-refractivity contribution >= 4 is 0 Å². The minimum atomic E-state index is 0.619. The zero-order valence-corrected chi connectivity index (χ0v) is 13.1. The van der Waals surface area contributed by atoms with Gasteiger partial charge in [-0.2, -0.15) is 0 Å². The number of aryl methyl sites for hydroxylation is 1. The molecule has 1 aliphatic carbocycles. The van der Waals surface area contributed by atoms with E-state index in [1.54, 1.807) is 13.2 Å². The molecule has 0 spiro atoms. The van der Waals surface area contributed by atoms with Gasteiger partial charge in [0.1, 0.15) is 0 Å². The van der Waals surface area contributed by atoms with Crippen molar-refractivity contribution in [1.29, 1.82) is 0 Å². The monoisotopic (exact) mass is 290 g/mol. The van der Waals surface area contributed by atoms with Crippen LogP contribution in [0.15, 0.2) is 36.7 Å². The Kier molecular flexibility index (Phi) is 6.94. The topological polar surface area (TPSA) is 9.23 Å². The van der Waals surface area contributed by atoms with Crippen molar-refractivity contribution < 1.29 is 9.13 Å². The van der Waals surface area contributed by atoms with Gasteiger partial charge in [0.15, 0.2) is 0 Å². The quantitative estimate of drug-likeness (QED) is 0.679. The minimum absolute atomic E-state index is 0.619. The second-order valence-electron chi connectivity index (χ2n) is 6.26. The van der Waals surface area contributed by atoms with Crippen molar-refractivity contribution in [3.05, 3.63) is 47.8 Å². The molecule has 1 aromatic carbocycles. The highest BCUT2D eigenvalue weighted by atomic mass is 19.1. The van der Waals surface area contributed by atoms with Crippen LogP contribution < -0.4 is 0 Å². The molecule has 1 fully saturated rings. The van der Waals surface area contributed by atoms with Gasteiger partial charge in [-0.3, -0.25) is 0 Å². The molecule has 0 radical (unpaired) electrons. The zero-order valence-electron chi connectivity index (χ0n) is 13.1. The first-order valence-corrected chi connectivity index (χ1v) is 8.13. The minimum Gasteiger partial charge on any atom is -0.384 e. The van der Waals surface area contributed by atoms with Gasteiger partial charge in [0.05, 0.1) is 6.33 Å². The first kappa shape index (κ1) is 16.2. The van der Waals surface area contributed by atoms with Crippen LogP contribution in [0.2, 0.25) is 0 Å². The molecular formula is C19H27FO. The molecule has 0 saturated heterocycles. The number of hydrogen-bond acceptors (Lipinski definition) is 1. The van der Waals surface area contributed by atoms with Crippen LogP contribution in [0, 0.1) is 11.8 Å². The lowest BCUT2D eigenvalue weighted by Crippen LogP contribution is -2.18. The maximum Gasteiger partial charge on any atom is 0.0830 e. The number of benzene rings is 1. The predicted molar refractivity (Wildman–Crippen MR) is 86.0 cm³/mol. The lowest BCUT2D eigenvalue weighted by Gasteiger charge is -2.28. The summed E-state index contributed by atoms with van der Waals surface area (Å²) in [6, 6.07) is 8.62. The van der Waals surface area contributed by atoms with Gasteiger partial charge >= 0.3 is 0 Å². The zero-order chi connectivity index (χ0) is 14.9. The Hall–Kier alpha value is -1.15. The molecule has 0 unspecified atom stereocenters. The molecule has 2 heteroatoms. The van der Waals surface area contributed by atoms with Crippen LogP contribution in [0.4, 0.5) is 4.39 Å². The Balaban J connectivity index is 1.71. The van der Waals surface area contributed by atoms with E-state index in [-0.39, 0.29) is 0 Å². The molecule has 2 rings (SSSR count). The van der Waals surface area contributed by atoms with Crippen LogP contribution in [0.25, 0.3) is 0 Å². The van der Waals surface area contributed by atoms with E-state index in [1.165, 1.54) is 49.7 Å². The van der Waals surface area contributed by atoms with Gasteiger partial charge in [-0.05, 0) is 55.1 Å². The summed E-state index contributed by atoms with van der Waals surface area (Å²) in [6.07, 6.45) is 10.7. The van der Waals surface area contributed by atoms with E-state index in [0.717, 1.165) is 18.4 Å². The molecule has 0 N–H and O–H groups in total. The Morgan fingerprint density at radius 3 is 2.29 bits per heavy atom. The number of allylic oxidation sites excluding steroid dienone is 1. The van der Waals surface area contributed by atoms with Crippen molar-refractivity contribution in [1.82, 2.24) is 0 Å². The predicted octanol–water partition coefficient (Wildman–Crippen LogP) is 5.10. The van der Waals surface area contributed by atoms with Gasteiger partial charge in [-0.25, -0.2) is 4.39 Å². The molecule has 0 heterocycles. The molecule has 116 valence electrons. The van der Waals surface area contributed by atoms with Crippen LogP contribution in [0.3, 0.4) is 0 Å². The number of hydrogen-bond donors (Lipinski definition) is 0. The Bertz CT molecular complexity index is 416. The highest BCUT2D eigenvalue weighted by Gasteiger charge is 2.20. The fraction of sp³-hybridized carbons (Fsp3) is 0.579. The molecule has 1 aromatic rings. The third kappa shape index (κ3) is 5.62. The average Bonchev–Trinajstić information content (AvgIpc) is 2.53. The van der Waals surface area contributed by atoms with Crippen molar-refractivity contribution in [3.8, 4) is 0 Å². The maximum absolute atomic E-state index is 12.0. The Labute approximate surface area is 128 Å². The molecule has 0 bridgehead atoms. The van der Waals surface area contributed by atoms with Crippen LogP contribution >= 0.6 is 0 Å². The summed E-state index contributed by atoms with van der Waals surface area (Å²) in [5.74, 6) is 1.67. The lowest BCUT2D eigenvalue weighted by molar-refractivity contribution is 0.117. The van der Waals surface area contributed by atoms with E-state index in [2.05, 4.69) is 24.3 Å². The van der Waals surface area contributed by atoms with E-state index >= 15 is 0 Å². The van der Waals surface area contributed by atoms with Crippen molar-refractivity contribution in [2.45, 2.75) is 44.9 Å². The van der Waals surface area contributed by atoms with Gasteiger partial charge < -0.3 is 4.74 Å². The number of methoxy groups -OCH3 is 1. The van der Waals surface area contributed by atoms with Gasteiger partial charge in [0.2, 0.25) is 0 Å². The smallest absolute Gasteiger partial charge is 0.0830 e. The SMILES string of the molecule is COC[C@H]1CC[C@H](CCc2ccc(CC=CF)cc2)CC1. The largest absolute Gasteiger partial charge is 0.384 e. The van der Waals surface area contributed by atoms with E-state index in [4.69, 9.17) is 4.74 Å². The maximum atomic E-state index is 12.0. The first-order chi connectivity index (χ1) is 10.3. The number of rotatable bonds is 7. The second-order valence-corrected chi connectivity index (χ2v) is 6.26. The van der Waals surface area contributed by atoms with Crippen molar-refractivity contribution in [2.24, 2.45) is 11.8 Å². The second kappa shape index (κ2) is 8.99. The van der Waals surface area contributed by atoms with Gasteiger partial charge in [0, 0.05) is 13.7 Å². The van der Waals surface area contributed by atoms with Crippen LogP contribution in [-0.2, 0) is 17.6 Å². The average molecular weight is 290 g/mol. The van der Waals surface area contributed by atoms with Gasteiger partial charge in [-0.15, -0.1) is 0 Å². The Morgan fingerprint density at radius 2 is 1.67 bits per heavy atom. The fourth-order valence-corrected chi connectivity index (χ4v) is 3.32. The highest BCUT2D eigenvalue weighted by molar-refractivity contribution is 5.24. The molecule has 1 aliphatic rings. The summed E-state index contributed by atoms with van der Waals surface area (Å²) < 4.78 is 17.2. The van der Waals surface area contributed by atoms with Crippen molar-refractivity contribution in [3.63, 3.8) is 0 Å². The number of halogens is 1. The molecule has 0 aliphatic heterocycles. The summed E-state index contributed by atoms with van der Waals surface area (Å²) in [6.45, 7) is 0.932. The molecule has 21 heavy (non-hydrogen) atoms. The van der Waals surface area contributed by atoms with E-state index < -0.39 is 0 Å². The highest BCUT2D eigenvalue weighted by Crippen LogP contribution is 2.31. The standard InChI is InChI=1S/C19H27FO/c1-21-15-19-12-10-18(11-13-19)9-8-17-6-4-16(5-7-17)3-2-14-20/h2,4-7,14,18-19H,3,8-13,15H2,1H3/t18-,19-. The first-order valence-electron chi connectivity index (χ1n) is 8.13. The molecule has 0 amide bonds. The van der Waals surface area contributed by atoms with E-state index in [1.807, 2.05) is 0 Å². The van der Waals surface area contributed by atoms with E-state index in [9.17, 15) is 4.39 Å². The molecule has 1 saturated carbocycles. The van der Waals surface area contributed by atoms with Gasteiger partial charge in [0.25, 0.3) is 0 Å². The summed E-state index contributed by atoms with van der Waals surface area (Å²) in [5, 5.41) is 0.